The van der Waals surface area contributed by atoms with Gasteiger partial charge in [-0.1, -0.05) is 16.2 Å². The molecular weight excluding hydrogens is 353 g/mol. The van der Waals surface area contributed by atoms with Crippen LogP contribution >= 0.6 is 17.0 Å². The van der Waals surface area contributed by atoms with Crippen molar-refractivity contribution in [3.05, 3.63) is 0 Å². The highest BCUT2D eigenvalue weighted by Gasteiger charge is 2.45. The van der Waals surface area contributed by atoms with E-state index < -0.39 is 38.5 Å². The Morgan fingerprint density at radius 3 is 2.09 bits per heavy atom. The summed E-state index contributed by atoms with van der Waals surface area (Å²) in [6, 6.07) is -0.565. The Bertz CT molecular complexity index is 390. The van der Waals surface area contributed by atoms with Crippen molar-refractivity contribution in [2.24, 2.45) is 5.73 Å². The Morgan fingerprint density at radius 1 is 1.27 bits per heavy atom. The second kappa shape index (κ2) is 8.31. The summed E-state index contributed by atoms with van der Waals surface area (Å²) in [5.41, 5.74) is 1.38. The first-order chi connectivity index (χ1) is 9.73. The lowest BCUT2D eigenvalue weighted by atomic mass is 10.4. The van der Waals surface area contributed by atoms with E-state index >= 15 is 0 Å². The van der Waals surface area contributed by atoms with Crippen LogP contribution in [0.3, 0.4) is 0 Å². The zero-order valence-corrected chi connectivity index (χ0v) is 14.5. The lowest BCUT2D eigenvalue weighted by Crippen LogP contribution is -2.41. The second-order valence-corrected chi connectivity index (χ2v) is 7.50. The Labute approximate surface area is 128 Å². The molecular formula is C10H21F5N2O3P2. The minimum atomic E-state index is -4.79. The van der Waals surface area contributed by atoms with Crippen molar-refractivity contribution in [3.63, 3.8) is 0 Å². The summed E-state index contributed by atoms with van der Waals surface area (Å²) in [5.74, 6) is 0. The topological polar surface area (TPSA) is 64.8 Å². The van der Waals surface area contributed by atoms with Gasteiger partial charge in [-0.2, -0.15) is 22.0 Å². The van der Waals surface area contributed by atoms with Gasteiger partial charge in [0.25, 0.3) is 5.66 Å². The third-order valence-electron chi connectivity index (χ3n) is 2.38. The summed E-state index contributed by atoms with van der Waals surface area (Å²) >= 11 is 0. The zero-order chi connectivity index (χ0) is 17.8. The van der Waals surface area contributed by atoms with Crippen LogP contribution < -0.4 is 5.73 Å². The SMILES string of the molecule is CCCN(C(C)C)P(=O)(OCC(F)(F)F)OC(N)C(F)(F)P. The zero-order valence-electron chi connectivity index (χ0n) is 12.4. The van der Waals surface area contributed by atoms with Crippen LogP contribution in [0.2, 0.25) is 0 Å². The van der Waals surface area contributed by atoms with Crippen LogP contribution in [0.25, 0.3) is 0 Å². The van der Waals surface area contributed by atoms with Crippen molar-refractivity contribution >= 4 is 17.0 Å². The molecule has 0 saturated carbocycles. The fourth-order valence-electron chi connectivity index (χ4n) is 1.43. The number of hydrogen-bond acceptors (Lipinski definition) is 4. The lowest BCUT2D eigenvalue weighted by Gasteiger charge is -2.35. The van der Waals surface area contributed by atoms with Crippen LogP contribution in [0.15, 0.2) is 0 Å². The van der Waals surface area contributed by atoms with Gasteiger partial charge >= 0.3 is 13.9 Å². The number of halogens is 5. The third kappa shape index (κ3) is 7.62. The first-order valence-corrected chi connectivity index (χ1v) is 8.49. The van der Waals surface area contributed by atoms with Gasteiger partial charge in [-0.15, -0.1) is 0 Å². The second-order valence-electron chi connectivity index (χ2n) is 4.81. The van der Waals surface area contributed by atoms with Crippen molar-refractivity contribution in [3.8, 4) is 0 Å². The van der Waals surface area contributed by atoms with E-state index in [1.165, 1.54) is 13.8 Å². The molecule has 134 valence electrons. The summed E-state index contributed by atoms with van der Waals surface area (Å²) in [6.45, 7) is 2.85. The van der Waals surface area contributed by atoms with Crippen LogP contribution in [-0.2, 0) is 13.6 Å². The number of alkyl halides is 5. The van der Waals surface area contributed by atoms with Gasteiger partial charge in [0.15, 0.2) is 12.8 Å². The van der Waals surface area contributed by atoms with Gasteiger partial charge < -0.3 is 5.73 Å². The van der Waals surface area contributed by atoms with Crippen LogP contribution in [0.5, 0.6) is 0 Å². The van der Waals surface area contributed by atoms with Crippen molar-refractivity contribution in [2.75, 3.05) is 13.2 Å². The molecule has 0 aliphatic carbocycles. The fraction of sp³-hybridized carbons (Fsp3) is 1.00. The maximum Gasteiger partial charge on any atom is 0.412 e. The number of rotatable bonds is 9. The van der Waals surface area contributed by atoms with Crippen LogP contribution in [0, 0.1) is 0 Å². The standard InChI is InChI=1S/C10H21F5N2O3P2/c1-4-5-17(7(2)3)22(18,19-6-9(11,12)13)20-8(16)10(14,15)21/h7-8H,4-6,16,21H2,1-3H3. The Morgan fingerprint density at radius 2 is 1.77 bits per heavy atom. The first-order valence-electron chi connectivity index (χ1n) is 6.42. The highest BCUT2D eigenvalue weighted by Crippen LogP contribution is 2.56. The fourth-order valence-corrected chi connectivity index (χ4v) is 3.69. The molecule has 0 aliphatic rings. The molecule has 0 rings (SSSR count). The monoisotopic (exact) mass is 374 g/mol. The third-order valence-corrected chi connectivity index (χ3v) is 4.95. The van der Waals surface area contributed by atoms with E-state index in [0.717, 1.165) is 13.9 Å². The molecule has 3 unspecified atom stereocenters. The molecule has 0 radical (unpaired) electrons. The maximum atomic E-state index is 13.1. The minimum Gasteiger partial charge on any atom is -0.300 e. The van der Waals surface area contributed by atoms with Gasteiger partial charge in [-0.3, -0.25) is 9.05 Å². The van der Waals surface area contributed by atoms with E-state index in [0.29, 0.717) is 6.42 Å². The van der Waals surface area contributed by atoms with Crippen molar-refractivity contribution in [1.29, 1.82) is 0 Å². The highest BCUT2D eigenvalue weighted by atomic mass is 31.2. The maximum absolute atomic E-state index is 13.1. The molecule has 5 nitrogen and oxygen atoms in total. The molecule has 0 aromatic carbocycles. The molecule has 0 fully saturated rings. The van der Waals surface area contributed by atoms with E-state index in [2.05, 4.69) is 9.05 Å². The molecule has 0 aromatic rings. The molecule has 0 spiro atoms. The van der Waals surface area contributed by atoms with E-state index in [9.17, 15) is 26.5 Å². The average molecular weight is 374 g/mol. The number of hydrogen-bond donors (Lipinski definition) is 1. The Balaban J connectivity index is 5.40. The van der Waals surface area contributed by atoms with Crippen LogP contribution in [0.1, 0.15) is 27.2 Å². The molecule has 0 aromatic heterocycles. The largest absolute Gasteiger partial charge is 0.412 e. The van der Waals surface area contributed by atoms with Crippen LogP contribution in [-0.4, -0.2) is 41.9 Å². The van der Waals surface area contributed by atoms with Crippen LogP contribution in [0.4, 0.5) is 22.0 Å². The molecule has 0 bridgehead atoms. The summed E-state index contributed by atoms with van der Waals surface area (Å²) in [4.78, 5) is 0. The van der Waals surface area contributed by atoms with E-state index in [4.69, 9.17) is 5.73 Å². The number of nitrogens with two attached hydrogens (primary N) is 1. The van der Waals surface area contributed by atoms with Gasteiger partial charge in [0.1, 0.15) is 0 Å². The minimum absolute atomic E-state index is 0.0297. The van der Waals surface area contributed by atoms with Gasteiger partial charge in [-0.05, 0) is 20.3 Å². The summed E-state index contributed by atoms with van der Waals surface area (Å²) in [5, 5.41) is 0. The predicted octanol–water partition coefficient (Wildman–Crippen LogP) is 3.56. The summed E-state index contributed by atoms with van der Waals surface area (Å²) in [7, 11) is -3.58. The molecule has 12 heteroatoms. The molecule has 0 aliphatic heterocycles. The average Bonchev–Trinajstić information content (AvgIpc) is 2.31. The quantitative estimate of drug-likeness (QED) is 0.380. The summed E-state index contributed by atoms with van der Waals surface area (Å²) < 4.78 is 85.5. The Kier molecular flexibility index (Phi) is 8.36. The molecule has 22 heavy (non-hydrogen) atoms. The smallest absolute Gasteiger partial charge is 0.300 e. The van der Waals surface area contributed by atoms with Gasteiger partial charge in [0.2, 0.25) is 0 Å². The van der Waals surface area contributed by atoms with Crippen molar-refractivity contribution in [1.82, 2.24) is 4.67 Å². The first kappa shape index (κ1) is 22.1. The highest BCUT2D eigenvalue weighted by molar-refractivity contribution is 7.51. The molecule has 3 atom stereocenters. The molecule has 2 N–H and O–H groups in total. The van der Waals surface area contributed by atoms with Gasteiger partial charge in [0.05, 0.1) is 0 Å². The molecule has 0 amide bonds. The van der Waals surface area contributed by atoms with E-state index in [-0.39, 0.29) is 6.54 Å². The van der Waals surface area contributed by atoms with Gasteiger partial charge in [0, 0.05) is 12.6 Å². The van der Waals surface area contributed by atoms with Crippen molar-refractivity contribution < 1.29 is 35.6 Å². The van der Waals surface area contributed by atoms with Crippen molar-refractivity contribution in [2.45, 2.75) is 51.3 Å². The van der Waals surface area contributed by atoms with Gasteiger partial charge in [-0.25, -0.2) is 9.24 Å². The molecule has 0 saturated heterocycles. The predicted molar refractivity (Wildman–Crippen MR) is 75.5 cm³/mol. The Hall–Kier alpha value is 0.150. The summed E-state index contributed by atoms with van der Waals surface area (Å²) in [6.07, 6.45) is -6.79. The van der Waals surface area contributed by atoms with E-state index in [1.807, 2.05) is 0 Å². The molecule has 0 heterocycles. The van der Waals surface area contributed by atoms with E-state index in [1.54, 1.807) is 6.92 Å². The normalized spacial score (nSPS) is 17.8. The number of nitrogens with zero attached hydrogens (tertiary/aromatic N) is 1. The lowest BCUT2D eigenvalue weighted by molar-refractivity contribution is -0.158.